The minimum atomic E-state index is -3.38. The molecule has 0 amide bonds. The maximum atomic E-state index is 12.6. The average Bonchev–Trinajstić information content (AvgIpc) is 2.72. The highest BCUT2D eigenvalue weighted by Crippen LogP contribution is 2.32. The fourth-order valence-electron chi connectivity index (χ4n) is 2.68. The first-order valence-corrected chi connectivity index (χ1v) is 8.18. The molecule has 0 aromatic rings. The van der Waals surface area contributed by atoms with E-state index < -0.39 is 15.8 Å². The van der Waals surface area contributed by atoms with Gasteiger partial charge in [0, 0.05) is 26.2 Å². The second-order valence-corrected chi connectivity index (χ2v) is 8.48. The Balaban J connectivity index is 0.00000200. The second-order valence-electron chi connectivity index (χ2n) is 6.55. The summed E-state index contributed by atoms with van der Waals surface area (Å²) in [6.45, 7) is 8.78. The van der Waals surface area contributed by atoms with Crippen molar-refractivity contribution in [3.63, 3.8) is 0 Å². The number of hydrogen-bond donors (Lipinski definition) is 1. The predicted octanol–water partition coefficient (Wildman–Crippen LogP) is 0.435. The molecule has 2 aliphatic rings. The molecule has 2 fully saturated rings. The molecule has 0 aromatic heterocycles. The lowest BCUT2D eigenvalue weighted by atomic mass is 9.90. The molecule has 120 valence electrons. The van der Waals surface area contributed by atoms with Crippen LogP contribution in [-0.2, 0) is 14.9 Å². The second kappa shape index (κ2) is 6.06. The molecule has 2 N–H and O–H groups in total. The smallest absolute Gasteiger partial charge is 0.282 e. The van der Waals surface area contributed by atoms with Crippen LogP contribution >= 0.6 is 12.4 Å². The molecule has 8 heteroatoms. The molecule has 0 saturated carbocycles. The van der Waals surface area contributed by atoms with Gasteiger partial charge in [0.15, 0.2) is 0 Å². The van der Waals surface area contributed by atoms with Gasteiger partial charge in [0.2, 0.25) is 0 Å². The summed E-state index contributed by atoms with van der Waals surface area (Å²) in [5, 5.41) is 0. The van der Waals surface area contributed by atoms with Crippen LogP contribution in [0.2, 0.25) is 0 Å². The van der Waals surface area contributed by atoms with Gasteiger partial charge in [0.25, 0.3) is 10.2 Å². The monoisotopic (exact) mass is 327 g/mol. The topological polar surface area (TPSA) is 75.9 Å². The Bertz CT molecular complexity index is 443. The summed E-state index contributed by atoms with van der Waals surface area (Å²) in [6.07, 6.45) is 0.830. The van der Waals surface area contributed by atoms with E-state index in [4.69, 9.17) is 10.5 Å². The Labute approximate surface area is 128 Å². The Morgan fingerprint density at radius 2 is 1.75 bits per heavy atom. The molecule has 1 unspecified atom stereocenters. The molecule has 2 heterocycles. The number of hydrogen-bond acceptors (Lipinski definition) is 4. The van der Waals surface area contributed by atoms with Crippen LogP contribution in [0, 0.1) is 5.41 Å². The summed E-state index contributed by atoms with van der Waals surface area (Å²) < 4.78 is 34.0. The van der Waals surface area contributed by atoms with Crippen LogP contribution in [0.1, 0.15) is 27.2 Å². The molecule has 0 aliphatic carbocycles. The van der Waals surface area contributed by atoms with Crippen LogP contribution in [-0.4, -0.2) is 62.0 Å². The Morgan fingerprint density at radius 1 is 1.15 bits per heavy atom. The van der Waals surface area contributed by atoms with Crippen LogP contribution < -0.4 is 5.73 Å². The van der Waals surface area contributed by atoms with Gasteiger partial charge in [-0.15, -0.1) is 12.4 Å². The molecule has 6 nitrogen and oxygen atoms in total. The Kier molecular flexibility index (Phi) is 5.49. The lowest BCUT2D eigenvalue weighted by molar-refractivity contribution is -0.0651. The van der Waals surface area contributed by atoms with E-state index in [0.717, 1.165) is 6.42 Å². The third kappa shape index (κ3) is 3.64. The quantitative estimate of drug-likeness (QED) is 0.816. The van der Waals surface area contributed by atoms with E-state index in [0.29, 0.717) is 39.3 Å². The molecule has 2 saturated heterocycles. The maximum absolute atomic E-state index is 12.6. The predicted molar refractivity (Wildman–Crippen MR) is 81.1 cm³/mol. The maximum Gasteiger partial charge on any atom is 0.282 e. The zero-order valence-electron chi connectivity index (χ0n) is 12.5. The first kappa shape index (κ1) is 18.1. The van der Waals surface area contributed by atoms with Gasteiger partial charge in [-0.2, -0.15) is 17.0 Å². The first-order valence-electron chi connectivity index (χ1n) is 6.78. The first-order chi connectivity index (χ1) is 8.69. The summed E-state index contributed by atoms with van der Waals surface area (Å²) in [6, 6.07) is 0. The van der Waals surface area contributed by atoms with Gasteiger partial charge in [0.1, 0.15) is 0 Å². The van der Waals surface area contributed by atoms with E-state index in [1.807, 2.05) is 20.8 Å². The van der Waals surface area contributed by atoms with E-state index in [1.165, 1.54) is 0 Å². The zero-order valence-corrected chi connectivity index (χ0v) is 14.1. The van der Waals surface area contributed by atoms with Crippen molar-refractivity contribution in [2.75, 3.05) is 39.3 Å². The lowest BCUT2D eigenvalue weighted by Gasteiger charge is -2.39. The molecule has 1 atom stereocenters. The summed E-state index contributed by atoms with van der Waals surface area (Å²) in [4.78, 5) is 0. The van der Waals surface area contributed by atoms with Crippen LogP contribution in [0.3, 0.4) is 0 Å². The molecule has 0 radical (unpaired) electrons. The van der Waals surface area contributed by atoms with Crippen LogP contribution in [0.5, 0.6) is 0 Å². The number of nitrogens with zero attached hydrogens (tertiary/aromatic N) is 2. The van der Waals surface area contributed by atoms with Crippen molar-refractivity contribution in [3.8, 4) is 0 Å². The summed E-state index contributed by atoms with van der Waals surface area (Å²) in [5.74, 6) is 0. The summed E-state index contributed by atoms with van der Waals surface area (Å²) >= 11 is 0. The van der Waals surface area contributed by atoms with Crippen LogP contribution in [0.4, 0.5) is 0 Å². The summed E-state index contributed by atoms with van der Waals surface area (Å²) in [7, 11) is -3.38. The van der Waals surface area contributed by atoms with Gasteiger partial charge in [-0.3, -0.25) is 0 Å². The standard InChI is InChI=1S/C12H25N3O3S.ClH/c1-11(2)9-15(6-7-18-11)19(16,17)14-5-4-12(3,8-13)10-14;/h4-10,13H2,1-3H3;1H. The van der Waals surface area contributed by atoms with Crippen molar-refractivity contribution in [1.82, 2.24) is 8.61 Å². The average molecular weight is 328 g/mol. The van der Waals surface area contributed by atoms with Crippen LogP contribution in [0.25, 0.3) is 0 Å². The highest BCUT2D eigenvalue weighted by atomic mass is 35.5. The number of nitrogens with two attached hydrogens (primary N) is 1. The highest BCUT2D eigenvalue weighted by Gasteiger charge is 2.43. The number of rotatable bonds is 3. The summed E-state index contributed by atoms with van der Waals surface area (Å²) in [5.41, 5.74) is 5.24. The van der Waals surface area contributed by atoms with Gasteiger partial charge < -0.3 is 10.5 Å². The van der Waals surface area contributed by atoms with E-state index in [-0.39, 0.29) is 17.8 Å². The van der Waals surface area contributed by atoms with E-state index in [2.05, 4.69) is 0 Å². The highest BCUT2D eigenvalue weighted by molar-refractivity contribution is 7.86. The minimum Gasteiger partial charge on any atom is -0.373 e. The van der Waals surface area contributed by atoms with Crippen molar-refractivity contribution < 1.29 is 13.2 Å². The van der Waals surface area contributed by atoms with Gasteiger partial charge >= 0.3 is 0 Å². The van der Waals surface area contributed by atoms with Gasteiger partial charge in [0.05, 0.1) is 12.2 Å². The Morgan fingerprint density at radius 3 is 2.25 bits per heavy atom. The fraction of sp³-hybridized carbons (Fsp3) is 1.00. The van der Waals surface area contributed by atoms with Crippen molar-refractivity contribution in [1.29, 1.82) is 0 Å². The normalized spacial score (nSPS) is 32.0. The molecule has 0 aromatic carbocycles. The fourth-order valence-corrected chi connectivity index (χ4v) is 4.58. The zero-order chi connectivity index (χ0) is 14.3. The largest absolute Gasteiger partial charge is 0.373 e. The third-order valence-corrected chi connectivity index (χ3v) is 5.99. The van der Waals surface area contributed by atoms with E-state index in [1.54, 1.807) is 8.61 Å². The SMILES string of the molecule is CC1(CN)CCN(S(=O)(=O)N2CCOC(C)(C)C2)C1.Cl. The molecule has 0 spiro atoms. The van der Waals surface area contributed by atoms with Crippen molar-refractivity contribution in [2.45, 2.75) is 32.8 Å². The molecule has 20 heavy (non-hydrogen) atoms. The van der Waals surface area contributed by atoms with Gasteiger partial charge in [-0.1, -0.05) is 6.92 Å². The number of ether oxygens (including phenoxy) is 1. The van der Waals surface area contributed by atoms with E-state index in [9.17, 15) is 8.42 Å². The number of halogens is 1. The van der Waals surface area contributed by atoms with Gasteiger partial charge in [-0.05, 0) is 32.2 Å². The molecule has 2 rings (SSSR count). The van der Waals surface area contributed by atoms with Crippen molar-refractivity contribution >= 4 is 22.6 Å². The Hall–Kier alpha value is 0.0800. The van der Waals surface area contributed by atoms with Crippen molar-refractivity contribution in [3.05, 3.63) is 0 Å². The molecule has 0 bridgehead atoms. The third-order valence-electron chi connectivity index (χ3n) is 4.06. The molecular formula is C12H26ClN3O3S. The van der Waals surface area contributed by atoms with Crippen molar-refractivity contribution in [2.24, 2.45) is 11.1 Å². The number of morpholine rings is 1. The van der Waals surface area contributed by atoms with E-state index >= 15 is 0 Å². The molecule has 2 aliphatic heterocycles. The lowest BCUT2D eigenvalue weighted by Crippen LogP contribution is -2.54. The van der Waals surface area contributed by atoms with Crippen LogP contribution in [0.15, 0.2) is 0 Å². The molecular weight excluding hydrogens is 302 g/mol. The minimum absolute atomic E-state index is 0. The van der Waals surface area contributed by atoms with Gasteiger partial charge in [-0.25, -0.2) is 0 Å².